The van der Waals surface area contributed by atoms with E-state index in [4.69, 9.17) is 9.47 Å². The third-order valence-corrected chi connectivity index (χ3v) is 3.05. The first-order valence-corrected chi connectivity index (χ1v) is 6.11. The summed E-state index contributed by atoms with van der Waals surface area (Å²) in [6.07, 6.45) is 0.846. The van der Waals surface area contributed by atoms with E-state index in [1.807, 2.05) is 13.0 Å². The molecule has 0 radical (unpaired) electrons. The average molecular weight is 263 g/mol. The number of hydrogen-bond acceptors (Lipinski definition) is 3. The normalized spacial score (nSPS) is 10.7. The summed E-state index contributed by atoms with van der Waals surface area (Å²) < 4.78 is 12.3. The van der Waals surface area contributed by atoms with Crippen LogP contribution in [0, 0.1) is 0 Å². The Morgan fingerprint density at radius 3 is 2.53 bits per heavy atom. The second kappa shape index (κ2) is 5.22. The minimum atomic E-state index is -0.939. The zero-order valence-corrected chi connectivity index (χ0v) is 11.3. The maximum Gasteiger partial charge on any atom is 0.352 e. The predicted octanol–water partition coefficient (Wildman–Crippen LogP) is 2.77. The number of aromatic nitrogens is 1. The van der Waals surface area contributed by atoms with Crippen molar-refractivity contribution in [3.63, 3.8) is 0 Å². The van der Waals surface area contributed by atoms with Crippen molar-refractivity contribution >= 4 is 16.9 Å². The Kier molecular flexibility index (Phi) is 3.64. The monoisotopic (exact) mass is 263 g/mol. The van der Waals surface area contributed by atoms with Crippen LogP contribution in [-0.4, -0.2) is 29.9 Å². The Morgan fingerprint density at radius 1 is 1.26 bits per heavy atom. The molecule has 1 aromatic heterocycles. The maximum atomic E-state index is 11.3. The lowest BCUT2D eigenvalue weighted by Crippen LogP contribution is -2.08. The van der Waals surface area contributed by atoms with E-state index in [0.717, 1.165) is 17.3 Å². The second-order valence-corrected chi connectivity index (χ2v) is 4.25. The number of aromatic carboxylic acids is 1. The molecule has 19 heavy (non-hydrogen) atoms. The standard InChI is InChI=1S/C14H17NO4/c1-4-5-15-11(14(16)17)7-9-6-10(18-2)8-12(19-3)13(9)15/h6-8H,4-5H2,1-3H3,(H,16,17). The van der Waals surface area contributed by atoms with E-state index in [-0.39, 0.29) is 5.69 Å². The van der Waals surface area contributed by atoms with Crippen LogP contribution in [0.2, 0.25) is 0 Å². The third-order valence-electron chi connectivity index (χ3n) is 3.05. The van der Waals surface area contributed by atoms with Crippen LogP contribution in [0.1, 0.15) is 23.8 Å². The number of hydrogen-bond donors (Lipinski definition) is 1. The van der Waals surface area contributed by atoms with Gasteiger partial charge in [0.2, 0.25) is 0 Å². The molecule has 0 spiro atoms. The topological polar surface area (TPSA) is 60.7 Å². The van der Waals surface area contributed by atoms with Gasteiger partial charge in [0.25, 0.3) is 0 Å². The second-order valence-electron chi connectivity index (χ2n) is 4.25. The van der Waals surface area contributed by atoms with Gasteiger partial charge in [-0.05, 0) is 18.6 Å². The summed E-state index contributed by atoms with van der Waals surface area (Å²) in [6.45, 7) is 2.64. The van der Waals surface area contributed by atoms with Crippen LogP contribution < -0.4 is 9.47 Å². The van der Waals surface area contributed by atoms with Crippen LogP contribution in [0.5, 0.6) is 11.5 Å². The quantitative estimate of drug-likeness (QED) is 0.901. The molecule has 1 N–H and O–H groups in total. The number of ether oxygens (including phenoxy) is 2. The Bertz CT molecular complexity index is 615. The smallest absolute Gasteiger partial charge is 0.352 e. The summed E-state index contributed by atoms with van der Waals surface area (Å²) in [7, 11) is 3.14. The summed E-state index contributed by atoms with van der Waals surface area (Å²) in [5.41, 5.74) is 1.06. The van der Waals surface area contributed by atoms with E-state index < -0.39 is 5.97 Å². The summed E-state index contributed by atoms with van der Waals surface area (Å²) in [4.78, 5) is 11.3. The highest BCUT2D eigenvalue weighted by Crippen LogP contribution is 2.33. The molecule has 2 rings (SSSR count). The number of carbonyl (C=O) groups is 1. The van der Waals surface area contributed by atoms with Crippen LogP contribution in [0.4, 0.5) is 0 Å². The van der Waals surface area contributed by atoms with Crippen LogP contribution in [0.15, 0.2) is 18.2 Å². The lowest BCUT2D eigenvalue weighted by Gasteiger charge is -2.11. The van der Waals surface area contributed by atoms with E-state index in [0.29, 0.717) is 18.0 Å². The summed E-state index contributed by atoms with van der Waals surface area (Å²) in [5.74, 6) is 0.330. The number of aryl methyl sites for hydroxylation is 1. The highest BCUT2D eigenvalue weighted by atomic mass is 16.5. The van der Waals surface area contributed by atoms with Gasteiger partial charge in [0.1, 0.15) is 17.2 Å². The number of nitrogens with zero attached hydrogens (tertiary/aromatic N) is 1. The molecule has 0 aliphatic carbocycles. The van der Waals surface area contributed by atoms with Crippen LogP contribution in [0.25, 0.3) is 10.9 Å². The van der Waals surface area contributed by atoms with Gasteiger partial charge in [0, 0.05) is 18.0 Å². The molecule has 0 unspecified atom stereocenters. The predicted molar refractivity (Wildman–Crippen MR) is 72.3 cm³/mol. The molecule has 0 bridgehead atoms. The largest absolute Gasteiger partial charge is 0.497 e. The molecule has 0 fully saturated rings. The Labute approximate surface area is 111 Å². The molecule has 0 atom stereocenters. The third kappa shape index (κ3) is 2.23. The molecule has 0 aliphatic heterocycles. The van der Waals surface area contributed by atoms with Gasteiger partial charge in [-0.3, -0.25) is 0 Å². The molecular weight excluding hydrogens is 246 g/mol. The molecule has 5 heteroatoms. The fourth-order valence-electron chi connectivity index (χ4n) is 2.25. The molecule has 0 amide bonds. The maximum absolute atomic E-state index is 11.3. The van der Waals surface area contributed by atoms with Gasteiger partial charge in [-0.25, -0.2) is 4.79 Å². The number of benzene rings is 1. The van der Waals surface area contributed by atoms with Crippen molar-refractivity contribution in [3.8, 4) is 11.5 Å². The zero-order valence-electron chi connectivity index (χ0n) is 11.3. The molecule has 0 saturated carbocycles. The minimum Gasteiger partial charge on any atom is -0.497 e. The Hall–Kier alpha value is -2.17. The first kappa shape index (κ1) is 13.3. The molecule has 1 aromatic carbocycles. The van der Waals surface area contributed by atoms with Crippen molar-refractivity contribution in [2.75, 3.05) is 14.2 Å². The number of rotatable bonds is 5. The van der Waals surface area contributed by atoms with E-state index in [2.05, 4.69) is 0 Å². The van der Waals surface area contributed by atoms with Crippen molar-refractivity contribution in [3.05, 3.63) is 23.9 Å². The first-order valence-electron chi connectivity index (χ1n) is 6.11. The highest BCUT2D eigenvalue weighted by molar-refractivity contribution is 5.97. The van der Waals surface area contributed by atoms with E-state index in [1.165, 1.54) is 0 Å². The van der Waals surface area contributed by atoms with E-state index in [9.17, 15) is 9.90 Å². The van der Waals surface area contributed by atoms with Gasteiger partial charge in [-0.2, -0.15) is 0 Å². The molecule has 102 valence electrons. The lowest BCUT2D eigenvalue weighted by molar-refractivity contribution is 0.0685. The molecular formula is C14H17NO4. The first-order chi connectivity index (χ1) is 9.12. The average Bonchev–Trinajstić information content (AvgIpc) is 2.77. The van der Waals surface area contributed by atoms with Gasteiger partial charge >= 0.3 is 5.97 Å². The SMILES string of the molecule is CCCn1c(C(=O)O)cc2cc(OC)cc(OC)c21. The van der Waals surface area contributed by atoms with Gasteiger partial charge < -0.3 is 19.1 Å². The van der Waals surface area contributed by atoms with Crippen LogP contribution in [0.3, 0.4) is 0 Å². The molecule has 0 aliphatic rings. The summed E-state index contributed by atoms with van der Waals surface area (Å²) in [5, 5.41) is 10.1. The lowest BCUT2D eigenvalue weighted by atomic mass is 10.2. The molecule has 0 saturated heterocycles. The van der Waals surface area contributed by atoms with Gasteiger partial charge in [0.15, 0.2) is 0 Å². The van der Waals surface area contributed by atoms with Crippen molar-refractivity contribution in [2.45, 2.75) is 19.9 Å². The van der Waals surface area contributed by atoms with E-state index in [1.54, 1.807) is 30.9 Å². The Balaban J connectivity index is 2.78. The van der Waals surface area contributed by atoms with E-state index >= 15 is 0 Å². The van der Waals surface area contributed by atoms with Gasteiger partial charge in [-0.1, -0.05) is 6.92 Å². The fourth-order valence-corrected chi connectivity index (χ4v) is 2.25. The summed E-state index contributed by atoms with van der Waals surface area (Å²) >= 11 is 0. The molecule has 5 nitrogen and oxygen atoms in total. The number of carboxylic acids is 1. The van der Waals surface area contributed by atoms with Crippen molar-refractivity contribution in [1.29, 1.82) is 0 Å². The molecule has 1 heterocycles. The van der Waals surface area contributed by atoms with Crippen molar-refractivity contribution in [1.82, 2.24) is 4.57 Å². The highest BCUT2D eigenvalue weighted by Gasteiger charge is 2.18. The summed E-state index contributed by atoms with van der Waals surface area (Å²) in [6, 6.07) is 5.23. The minimum absolute atomic E-state index is 0.267. The number of methoxy groups -OCH3 is 2. The van der Waals surface area contributed by atoms with Crippen molar-refractivity contribution in [2.24, 2.45) is 0 Å². The zero-order chi connectivity index (χ0) is 14.0. The fraction of sp³-hybridized carbons (Fsp3) is 0.357. The Morgan fingerprint density at radius 2 is 2.00 bits per heavy atom. The van der Waals surface area contributed by atoms with Crippen LogP contribution >= 0.6 is 0 Å². The number of fused-ring (bicyclic) bond motifs is 1. The van der Waals surface area contributed by atoms with Crippen LogP contribution in [-0.2, 0) is 6.54 Å². The van der Waals surface area contributed by atoms with Crippen molar-refractivity contribution < 1.29 is 19.4 Å². The molecule has 2 aromatic rings. The van der Waals surface area contributed by atoms with Gasteiger partial charge in [-0.15, -0.1) is 0 Å². The van der Waals surface area contributed by atoms with Gasteiger partial charge in [0.05, 0.1) is 19.7 Å². The number of carboxylic acid groups (broad SMARTS) is 1.